The van der Waals surface area contributed by atoms with Crippen molar-refractivity contribution in [2.45, 2.75) is 0 Å². The number of rotatable bonds is 3. The first-order valence-corrected chi connectivity index (χ1v) is 4.75. The number of aliphatic hydroxyl groups excluding tert-OH is 1. The Labute approximate surface area is 86.4 Å². The van der Waals surface area contributed by atoms with Crippen molar-refractivity contribution in [1.29, 1.82) is 0 Å². The van der Waals surface area contributed by atoms with Crippen LogP contribution in [-0.4, -0.2) is 35.3 Å². The minimum Gasteiger partial charge on any atom is -0.395 e. The highest BCUT2D eigenvalue weighted by atomic mass is 16.3. The van der Waals surface area contributed by atoms with Gasteiger partial charge in [0.25, 0.3) is 0 Å². The average Bonchev–Trinajstić information content (AvgIpc) is 2.57. The van der Waals surface area contributed by atoms with Gasteiger partial charge in [0, 0.05) is 19.3 Å². The lowest BCUT2D eigenvalue weighted by atomic mass is 10.2. The van der Waals surface area contributed by atoms with Crippen LogP contribution in [0.4, 0.5) is 5.69 Å². The number of H-pyrrole nitrogens is 2. The Balaban J connectivity index is 2.41. The molecular weight excluding hydrogens is 194 g/mol. The molecule has 0 bridgehead atoms. The molecule has 0 aliphatic heterocycles. The summed E-state index contributed by atoms with van der Waals surface area (Å²) in [7, 11) is 1.89. The molecule has 5 heteroatoms. The Morgan fingerprint density at radius 2 is 2.07 bits per heavy atom. The Morgan fingerprint density at radius 3 is 2.80 bits per heavy atom. The Kier molecular flexibility index (Phi) is 2.47. The molecular formula is C10H13N3O2. The van der Waals surface area contributed by atoms with Crippen molar-refractivity contribution in [2.75, 3.05) is 25.1 Å². The topological polar surface area (TPSA) is 72.1 Å². The van der Waals surface area contributed by atoms with E-state index >= 15 is 0 Å². The van der Waals surface area contributed by atoms with Gasteiger partial charge in [-0.25, -0.2) is 4.79 Å². The number of anilines is 1. The summed E-state index contributed by atoms with van der Waals surface area (Å²) in [5.74, 6) is 0. The maximum atomic E-state index is 11.0. The summed E-state index contributed by atoms with van der Waals surface area (Å²) in [4.78, 5) is 18.3. The molecule has 0 atom stereocenters. The van der Waals surface area contributed by atoms with Gasteiger partial charge < -0.3 is 20.0 Å². The number of aliphatic hydroxyl groups is 1. The molecule has 80 valence electrons. The van der Waals surface area contributed by atoms with Crippen LogP contribution in [-0.2, 0) is 0 Å². The summed E-state index contributed by atoms with van der Waals surface area (Å²) in [6, 6.07) is 5.63. The van der Waals surface area contributed by atoms with Crippen molar-refractivity contribution in [3.05, 3.63) is 28.7 Å². The van der Waals surface area contributed by atoms with Crippen molar-refractivity contribution in [3.8, 4) is 0 Å². The fourth-order valence-corrected chi connectivity index (χ4v) is 1.54. The van der Waals surface area contributed by atoms with Gasteiger partial charge in [-0.05, 0) is 18.2 Å². The van der Waals surface area contributed by atoms with Gasteiger partial charge in [0.1, 0.15) is 0 Å². The highest BCUT2D eigenvalue weighted by Gasteiger charge is 2.03. The maximum absolute atomic E-state index is 11.0. The van der Waals surface area contributed by atoms with Crippen LogP contribution in [0.5, 0.6) is 0 Å². The van der Waals surface area contributed by atoms with Crippen molar-refractivity contribution < 1.29 is 5.11 Å². The Hall–Kier alpha value is -1.75. The highest BCUT2D eigenvalue weighted by Crippen LogP contribution is 2.17. The third kappa shape index (κ3) is 1.87. The summed E-state index contributed by atoms with van der Waals surface area (Å²) in [5, 5.41) is 8.81. The molecule has 0 fully saturated rings. The Morgan fingerprint density at radius 1 is 1.33 bits per heavy atom. The number of aromatic nitrogens is 2. The lowest BCUT2D eigenvalue weighted by Crippen LogP contribution is -2.20. The molecule has 15 heavy (non-hydrogen) atoms. The average molecular weight is 207 g/mol. The van der Waals surface area contributed by atoms with Crippen LogP contribution in [0.15, 0.2) is 23.0 Å². The van der Waals surface area contributed by atoms with E-state index in [-0.39, 0.29) is 12.3 Å². The predicted octanol–water partition coefficient (Wildman–Crippen LogP) is 0.285. The minimum absolute atomic E-state index is 0.109. The molecule has 0 saturated heterocycles. The van der Waals surface area contributed by atoms with E-state index in [9.17, 15) is 4.79 Å². The lowest BCUT2D eigenvalue weighted by molar-refractivity contribution is 0.304. The standard InChI is InChI=1S/C10H13N3O2/c1-13(4-5-14)7-2-3-8-9(6-7)12-10(15)11-8/h2-3,6,14H,4-5H2,1H3,(H2,11,12,15). The largest absolute Gasteiger partial charge is 0.395 e. The second-order valence-corrected chi connectivity index (χ2v) is 3.45. The van der Waals surface area contributed by atoms with Gasteiger partial charge in [-0.3, -0.25) is 0 Å². The fourth-order valence-electron chi connectivity index (χ4n) is 1.54. The van der Waals surface area contributed by atoms with E-state index in [1.165, 1.54) is 0 Å². The van der Waals surface area contributed by atoms with Gasteiger partial charge in [0.15, 0.2) is 0 Å². The van der Waals surface area contributed by atoms with E-state index in [1.807, 2.05) is 30.1 Å². The molecule has 0 saturated carbocycles. The van der Waals surface area contributed by atoms with E-state index in [2.05, 4.69) is 9.97 Å². The quantitative estimate of drug-likeness (QED) is 0.677. The number of aromatic amines is 2. The molecule has 2 aromatic rings. The molecule has 1 heterocycles. The first-order chi connectivity index (χ1) is 7.20. The molecule has 1 aromatic heterocycles. The molecule has 0 aliphatic rings. The number of hydrogen-bond donors (Lipinski definition) is 3. The number of fused-ring (bicyclic) bond motifs is 1. The van der Waals surface area contributed by atoms with E-state index in [1.54, 1.807) is 0 Å². The van der Waals surface area contributed by atoms with E-state index in [0.717, 1.165) is 16.7 Å². The van der Waals surface area contributed by atoms with Crippen molar-refractivity contribution in [2.24, 2.45) is 0 Å². The smallest absolute Gasteiger partial charge is 0.323 e. The zero-order valence-electron chi connectivity index (χ0n) is 8.45. The molecule has 0 amide bonds. The zero-order chi connectivity index (χ0) is 10.8. The summed E-state index contributed by atoms with van der Waals surface area (Å²) in [6.45, 7) is 0.679. The summed E-state index contributed by atoms with van der Waals surface area (Å²) in [6.07, 6.45) is 0. The molecule has 0 radical (unpaired) electrons. The second-order valence-electron chi connectivity index (χ2n) is 3.45. The van der Waals surface area contributed by atoms with Gasteiger partial charge in [-0.1, -0.05) is 0 Å². The summed E-state index contributed by atoms with van der Waals surface area (Å²) >= 11 is 0. The molecule has 5 nitrogen and oxygen atoms in total. The molecule has 1 aromatic carbocycles. The predicted molar refractivity (Wildman–Crippen MR) is 59.3 cm³/mol. The van der Waals surface area contributed by atoms with Crippen molar-refractivity contribution in [3.63, 3.8) is 0 Å². The Bertz CT molecular complexity index is 515. The van der Waals surface area contributed by atoms with E-state index < -0.39 is 0 Å². The zero-order valence-corrected chi connectivity index (χ0v) is 8.45. The third-order valence-electron chi connectivity index (χ3n) is 2.38. The number of benzene rings is 1. The van der Waals surface area contributed by atoms with Gasteiger partial charge in [0.05, 0.1) is 17.6 Å². The number of nitrogens with zero attached hydrogens (tertiary/aromatic N) is 1. The van der Waals surface area contributed by atoms with Crippen LogP contribution in [0.25, 0.3) is 11.0 Å². The monoisotopic (exact) mass is 207 g/mol. The van der Waals surface area contributed by atoms with E-state index in [4.69, 9.17) is 5.11 Å². The number of hydrogen-bond acceptors (Lipinski definition) is 3. The molecule has 3 N–H and O–H groups in total. The van der Waals surface area contributed by atoms with Gasteiger partial charge >= 0.3 is 5.69 Å². The number of likely N-dealkylation sites (N-methyl/N-ethyl adjacent to an activating group) is 1. The molecule has 0 spiro atoms. The van der Waals surface area contributed by atoms with Gasteiger partial charge in [-0.2, -0.15) is 0 Å². The summed E-state index contributed by atoms with van der Waals surface area (Å²) < 4.78 is 0. The van der Waals surface area contributed by atoms with Crippen LogP contribution >= 0.6 is 0 Å². The van der Waals surface area contributed by atoms with Crippen LogP contribution in [0, 0.1) is 0 Å². The molecule has 0 unspecified atom stereocenters. The second kappa shape index (κ2) is 3.78. The first kappa shape index (κ1) is 9.79. The normalized spacial score (nSPS) is 10.8. The van der Waals surface area contributed by atoms with Crippen molar-refractivity contribution >= 4 is 16.7 Å². The first-order valence-electron chi connectivity index (χ1n) is 4.75. The lowest BCUT2D eigenvalue weighted by Gasteiger charge is -2.17. The van der Waals surface area contributed by atoms with Crippen LogP contribution in [0.1, 0.15) is 0 Å². The molecule has 0 aliphatic carbocycles. The van der Waals surface area contributed by atoms with Gasteiger partial charge in [0.2, 0.25) is 0 Å². The van der Waals surface area contributed by atoms with E-state index in [0.29, 0.717) is 6.54 Å². The maximum Gasteiger partial charge on any atom is 0.323 e. The van der Waals surface area contributed by atoms with Crippen molar-refractivity contribution in [1.82, 2.24) is 9.97 Å². The molecule has 2 rings (SSSR count). The van der Waals surface area contributed by atoms with Crippen LogP contribution in [0.3, 0.4) is 0 Å². The number of nitrogens with one attached hydrogen (secondary N) is 2. The highest BCUT2D eigenvalue weighted by molar-refractivity contribution is 5.78. The van der Waals surface area contributed by atoms with Crippen LogP contribution < -0.4 is 10.6 Å². The fraction of sp³-hybridized carbons (Fsp3) is 0.300. The SMILES string of the molecule is CN(CCO)c1ccc2[nH]c(=O)[nH]c2c1. The summed E-state index contributed by atoms with van der Waals surface area (Å²) in [5.41, 5.74) is 2.34. The van der Waals surface area contributed by atoms with Crippen LogP contribution in [0.2, 0.25) is 0 Å². The minimum atomic E-state index is -0.202. The number of imidazole rings is 1. The third-order valence-corrected chi connectivity index (χ3v) is 2.38. The van der Waals surface area contributed by atoms with Gasteiger partial charge in [-0.15, -0.1) is 0 Å².